The van der Waals surface area contributed by atoms with Crippen molar-refractivity contribution in [1.29, 1.82) is 0 Å². The normalized spacial score (nSPS) is 10.8. The van der Waals surface area contributed by atoms with E-state index in [0.717, 1.165) is 18.7 Å². The molecule has 0 aliphatic carbocycles. The molecular formula is C21H24N2O2. The Hall–Kier alpha value is -2.75. The van der Waals surface area contributed by atoms with Crippen molar-refractivity contribution in [2.45, 2.75) is 26.8 Å². The van der Waals surface area contributed by atoms with Crippen molar-refractivity contribution in [1.82, 2.24) is 9.88 Å². The van der Waals surface area contributed by atoms with E-state index in [1.807, 2.05) is 19.1 Å². The highest BCUT2D eigenvalue weighted by Gasteiger charge is 2.07. The van der Waals surface area contributed by atoms with Crippen LogP contribution in [0.5, 0.6) is 5.75 Å². The molecule has 0 atom stereocenters. The first-order chi connectivity index (χ1) is 12.2. The van der Waals surface area contributed by atoms with E-state index in [1.54, 1.807) is 12.1 Å². The van der Waals surface area contributed by atoms with Crippen molar-refractivity contribution in [3.05, 3.63) is 65.9 Å². The summed E-state index contributed by atoms with van der Waals surface area (Å²) in [6.45, 7) is 6.23. The summed E-state index contributed by atoms with van der Waals surface area (Å²) in [6.07, 6.45) is 0.891. The molecule has 4 nitrogen and oxygen atoms in total. The number of ether oxygens (including phenoxy) is 1. The lowest BCUT2D eigenvalue weighted by atomic mass is 10.2. The van der Waals surface area contributed by atoms with Crippen molar-refractivity contribution in [2.75, 3.05) is 13.2 Å². The predicted molar refractivity (Wildman–Crippen MR) is 101 cm³/mol. The zero-order valence-corrected chi connectivity index (χ0v) is 14.8. The van der Waals surface area contributed by atoms with Crippen LogP contribution >= 0.6 is 0 Å². The molecule has 4 heteroatoms. The molecule has 3 rings (SSSR count). The average Bonchev–Trinajstić information content (AvgIpc) is 2.95. The summed E-state index contributed by atoms with van der Waals surface area (Å²) < 4.78 is 7.70. The topological polar surface area (TPSA) is 43.3 Å². The molecule has 0 unspecified atom stereocenters. The standard InChI is InChI=1S/C21H24N2O2/c1-3-25-19-11-9-17(10-12-19)21(24)22-13-6-14-23-16(2)15-18-7-4-5-8-20(18)23/h4-5,7-12,15H,3,6,13-14H2,1-2H3,(H,22,24). The van der Waals surface area contributed by atoms with Crippen LogP contribution in [0.3, 0.4) is 0 Å². The SMILES string of the molecule is CCOc1ccc(C(=O)NCCCn2c(C)cc3ccccc32)cc1. The van der Waals surface area contributed by atoms with Gasteiger partial charge in [0.15, 0.2) is 0 Å². The molecule has 2 aromatic carbocycles. The summed E-state index contributed by atoms with van der Waals surface area (Å²) in [4.78, 5) is 12.2. The molecule has 1 aromatic heterocycles. The van der Waals surface area contributed by atoms with Crippen LogP contribution in [0.2, 0.25) is 0 Å². The van der Waals surface area contributed by atoms with E-state index in [-0.39, 0.29) is 5.91 Å². The van der Waals surface area contributed by atoms with E-state index in [9.17, 15) is 4.79 Å². The van der Waals surface area contributed by atoms with Gasteiger partial charge in [-0.2, -0.15) is 0 Å². The Balaban J connectivity index is 1.52. The lowest BCUT2D eigenvalue weighted by molar-refractivity contribution is 0.0952. The molecule has 1 heterocycles. The zero-order chi connectivity index (χ0) is 17.6. The van der Waals surface area contributed by atoms with Gasteiger partial charge in [-0.3, -0.25) is 4.79 Å². The minimum absolute atomic E-state index is 0.0443. The van der Waals surface area contributed by atoms with Crippen LogP contribution in [-0.2, 0) is 6.54 Å². The van der Waals surface area contributed by atoms with Crippen LogP contribution in [0.1, 0.15) is 29.4 Å². The van der Waals surface area contributed by atoms with Gasteiger partial charge in [0.25, 0.3) is 5.91 Å². The highest BCUT2D eigenvalue weighted by atomic mass is 16.5. The summed E-state index contributed by atoms with van der Waals surface area (Å²) in [5, 5.41) is 4.25. The van der Waals surface area contributed by atoms with Gasteiger partial charge in [-0.05, 0) is 62.1 Å². The fourth-order valence-corrected chi connectivity index (χ4v) is 3.06. The smallest absolute Gasteiger partial charge is 0.251 e. The predicted octanol–water partition coefficient (Wildman–Crippen LogP) is 4.17. The molecule has 25 heavy (non-hydrogen) atoms. The summed E-state index contributed by atoms with van der Waals surface area (Å²) >= 11 is 0. The zero-order valence-electron chi connectivity index (χ0n) is 14.8. The first-order valence-corrected chi connectivity index (χ1v) is 8.75. The van der Waals surface area contributed by atoms with Crippen LogP contribution in [-0.4, -0.2) is 23.6 Å². The van der Waals surface area contributed by atoms with Crippen molar-refractivity contribution < 1.29 is 9.53 Å². The van der Waals surface area contributed by atoms with E-state index < -0.39 is 0 Å². The highest BCUT2D eigenvalue weighted by molar-refractivity contribution is 5.94. The van der Waals surface area contributed by atoms with Gasteiger partial charge in [-0.25, -0.2) is 0 Å². The van der Waals surface area contributed by atoms with Gasteiger partial charge in [0.05, 0.1) is 6.61 Å². The molecule has 0 radical (unpaired) electrons. The average molecular weight is 336 g/mol. The molecule has 0 saturated carbocycles. The third-order valence-corrected chi connectivity index (χ3v) is 4.29. The third-order valence-electron chi connectivity index (χ3n) is 4.29. The second-order valence-electron chi connectivity index (χ2n) is 6.06. The van der Waals surface area contributed by atoms with Gasteiger partial charge < -0.3 is 14.6 Å². The molecule has 0 aliphatic heterocycles. The minimum Gasteiger partial charge on any atom is -0.494 e. The number of carbonyl (C=O) groups is 1. The molecule has 0 bridgehead atoms. The number of benzene rings is 2. The molecule has 0 aliphatic rings. The van der Waals surface area contributed by atoms with Crippen molar-refractivity contribution in [3.8, 4) is 5.75 Å². The maximum Gasteiger partial charge on any atom is 0.251 e. The van der Waals surface area contributed by atoms with E-state index in [1.165, 1.54) is 16.6 Å². The van der Waals surface area contributed by atoms with Gasteiger partial charge >= 0.3 is 0 Å². The second kappa shape index (κ2) is 7.88. The van der Waals surface area contributed by atoms with Crippen LogP contribution in [0.15, 0.2) is 54.6 Å². The van der Waals surface area contributed by atoms with Gasteiger partial charge in [0.2, 0.25) is 0 Å². The molecule has 1 N–H and O–H groups in total. The van der Waals surface area contributed by atoms with Gasteiger partial charge in [-0.15, -0.1) is 0 Å². The van der Waals surface area contributed by atoms with E-state index in [0.29, 0.717) is 18.7 Å². The fraction of sp³-hybridized carbons (Fsp3) is 0.286. The molecular weight excluding hydrogens is 312 g/mol. The monoisotopic (exact) mass is 336 g/mol. The van der Waals surface area contributed by atoms with Gasteiger partial charge in [0, 0.05) is 29.9 Å². The Bertz CT molecular complexity index is 850. The van der Waals surface area contributed by atoms with E-state index >= 15 is 0 Å². The first-order valence-electron chi connectivity index (χ1n) is 8.75. The number of fused-ring (bicyclic) bond motifs is 1. The lowest BCUT2D eigenvalue weighted by Crippen LogP contribution is -2.25. The van der Waals surface area contributed by atoms with Crippen LogP contribution in [0.25, 0.3) is 10.9 Å². The Labute approximate surface area is 148 Å². The Morgan fingerprint density at radius 1 is 1.12 bits per heavy atom. The second-order valence-corrected chi connectivity index (χ2v) is 6.06. The number of amides is 1. The maximum atomic E-state index is 12.2. The van der Waals surface area contributed by atoms with Crippen molar-refractivity contribution in [2.24, 2.45) is 0 Å². The van der Waals surface area contributed by atoms with Crippen molar-refractivity contribution in [3.63, 3.8) is 0 Å². The van der Waals surface area contributed by atoms with Crippen LogP contribution < -0.4 is 10.1 Å². The van der Waals surface area contributed by atoms with E-state index in [4.69, 9.17) is 4.74 Å². The Kier molecular flexibility index (Phi) is 5.39. The number of hydrogen-bond acceptors (Lipinski definition) is 2. The number of aryl methyl sites for hydroxylation is 2. The number of para-hydroxylation sites is 1. The minimum atomic E-state index is -0.0443. The van der Waals surface area contributed by atoms with Crippen LogP contribution in [0, 0.1) is 6.92 Å². The summed E-state index contributed by atoms with van der Waals surface area (Å²) in [6, 6.07) is 17.8. The molecule has 0 spiro atoms. The molecule has 0 fully saturated rings. The summed E-state index contributed by atoms with van der Waals surface area (Å²) in [7, 11) is 0. The summed E-state index contributed by atoms with van der Waals surface area (Å²) in [5.41, 5.74) is 3.16. The summed E-state index contributed by atoms with van der Waals surface area (Å²) in [5.74, 6) is 0.742. The van der Waals surface area contributed by atoms with E-state index in [2.05, 4.69) is 47.1 Å². The molecule has 0 saturated heterocycles. The number of nitrogens with one attached hydrogen (secondary N) is 1. The number of carbonyl (C=O) groups excluding carboxylic acids is 1. The molecule has 1 amide bonds. The Morgan fingerprint density at radius 3 is 2.64 bits per heavy atom. The molecule has 130 valence electrons. The third kappa shape index (κ3) is 4.02. The fourth-order valence-electron chi connectivity index (χ4n) is 3.06. The quantitative estimate of drug-likeness (QED) is 0.658. The molecule has 3 aromatic rings. The van der Waals surface area contributed by atoms with Crippen LogP contribution in [0.4, 0.5) is 0 Å². The highest BCUT2D eigenvalue weighted by Crippen LogP contribution is 2.19. The maximum absolute atomic E-state index is 12.2. The first kappa shape index (κ1) is 17.1. The lowest BCUT2D eigenvalue weighted by Gasteiger charge is -2.10. The van der Waals surface area contributed by atoms with Crippen molar-refractivity contribution >= 4 is 16.8 Å². The Morgan fingerprint density at radius 2 is 1.88 bits per heavy atom. The largest absolute Gasteiger partial charge is 0.494 e. The number of aromatic nitrogens is 1. The number of hydrogen-bond donors (Lipinski definition) is 1. The van der Waals surface area contributed by atoms with Gasteiger partial charge in [0.1, 0.15) is 5.75 Å². The number of nitrogens with zero attached hydrogens (tertiary/aromatic N) is 1. The number of rotatable bonds is 7. The van der Waals surface area contributed by atoms with Gasteiger partial charge in [-0.1, -0.05) is 18.2 Å².